The molecule has 3 aliphatic heterocycles. The molecule has 33 heavy (non-hydrogen) atoms. The average Bonchev–Trinajstić information content (AvgIpc) is 2.80. The number of fused-ring (bicyclic) bond motifs is 5. The summed E-state index contributed by atoms with van der Waals surface area (Å²) in [6.45, 7) is 0.932. The summed E-state index contributed by atoms with van der Waals surface area (Å²) in [7, 11) is -3.39. The summed E-state index contributed by atoms with van der Waals surface area (Å²) >= 11 is 0. The number of hydrogen-bond acceptors (Lipinski definition) is 5. The Morgan fingerprint density at radius 1 is 1.00 bits per heavy atom. The summed E-state index contributed by atoms with van der Waals surface area (Å²) in [4.78, 5) is 15.1. The molecule has 1 amide bonds. The Balaban J connectivity index is 1.36. The fraction of sp³-hybridized carbons (Fsp3) is 0.720. The molecule has 2 aliphatic carbocycles. The number of ether oxygens (including phenoxy) is 2. The van der Waals surface area contributed by atoms with Crippen LogP contribution in [0.1, 0.15) is 69.3 Å². The number of amides is 1. The summed E-state index contributed by atoms with van der Waals surface area (Å²) in [5.41, 5.74) is 1.18. The van der Waals surface area contributed by atoms with Gasteiger partial charge < -0.3 is 14.4 Å². The molecule has 1 aromatic rings. The molecule has 2 bridgehead atoms. The lowest BCUT2D eigenvalue weighted by atomic mass is 9.82. The largest absolute Gasteiger partial charge is 0.483 e. The van der Waals surface area contributed by atoms with E-state index in [1.54, 1.807) is 4.90 Å². The van der Waals surface area contributed by atoms with Gasteiger partial charge in [-0.15, -0.1) is 0 Å². The SMILES string of the molecule is O=C1COc2ccccc2C2CCC(CC2)OC[C@H]2[C@@H](NS(=O)(=O)CC3CCC3)CCCN12. The van der Waals surface area contributed by atoms with Gasteiger partial charge >= 0.3 is 0 Å². The average molecular weight is 477 g/mol. The van der Waals surface area contributed by atoms with Crippen molar-refractivity contribution < 1.29 is 22.7 Å². The third-order valence-corrected chi connectivity index (χ3v) is 9.57. The summed E-state index contributed by atoms with van der Waals surface area (Å²) in [5, 5.41) is 0. The van der Waals surface area contributed by atoms with Crippen LogP contribution in [0.15, 0.2) is 24.3 Å². The van der Waals surface area contributed by atoms with Gasteiger partial charge in [-0.3, -0.25) is 4.79 Å². The predicted octanol–water partition coefficient (Wildman–Crippen LogP) is 3.20. The van der Waals surface area contributed by atoms with E-state index in [1.165, 1.54) is 5.56 Å². The van der Waals surface area contributed by atoms with Gasteiger partial charge in [0.25, 0.3) is 5.91 Å². The second-order valence-electron chi connectivity index (χ2n) is 10.2. The first kappa shape index (κ1) is 23.1. The van der Waals surface area contributed by atoms with Crippen molar-refractivity contribution >= 4 is 15.9 Å². The van der Waals surface area contributed by atoms with E-state index in [0.717, 1.165) is 63.5 Å². The van der Waals surface area contributed by atoms with E-state index in [4.69, 9.17) is 9.47 Å². The second kappa shape index (κ2) is 9.92. The zero-order valence-corrected chi connectivity index (χ0v) is 20.1. The molecule has 2 atom stereocenters. The van der Waals surface area contributed by atoms with E-state index in [9.17, 15) is 13.2 Å². The molecule has 1 saturated heterocycles. The first-order valence-electron chi connectivity index (χ1n) is 12.6. The molecule has 0 spiro atoms. The molecule has 7 nitrogen and oxygen atoms in total. The van der Waals surface area contributed by atoms with E-state index in [0.29, 0.717) is 19.1 Å². The van der Waals surface area contributed by atoms with Gasteiger partial charge in [0.1, 0.15) is 5.75 Å². The minimum absolute atomic E-state index is 0.0365. The standard InChI is InChI=1S/C25H36N2O5S/c28-25-16-32-24-9-2-1-7-21(24)19-10-12-20(13-11-19)31-15-23-22(8-4-14-27(23)25)26-33(29,30)17-18-5-3-6-18/h1-2,7,9,18-20,22-23,26H,3-6,8,10-17H2/t19?,20?,22-,23-/m0/s1. The fourth-order valence-electron chi connectivity index (χ4n) is 5.91. The number of benzene rings is 1. The molecule has 182 valence electrons. The highest BCUT2D eigenvalue weighted by molar-refractivity contribution is 7.89. The van der Waals surface area contributed by atoms with Crippen LogP contribution in [-0.2, 0) is 19.6 Å². The van der Waals surface area contributed by atoms with Gasteiger partial charge in [0, 0.05) is 12.6 Å². The van der Waals surface area contributed by atoms with Crippen LogP contribution in [0.4, 0.5) is 0 Å². The number of hydrogen-bond donors (Lipinski definition) is 1. The minimum atomic E-state index is -3.39. The second-order valence-corrected chi connectivity index (χ2v) is 12.0. The van der Waals surface area contributed by atoms with Crippen molar-refractivity contribution in [2.75, 3.05) is 25.5 Å². The van der Waals surface area contributed by atoms with Crippen LogP contribution in [0.5, 0.6) is 5.75 Å². The molecule has 8 heteroatoms. The Morgan fingerprint density at radius 2 is 1.79 bits per heavy atom. The van der Waals surface area contributed by atoms with Crippen molar-refractivity contribution in [3.05, 3.63) is 29.8 Å². The molecule has 2 saturated carbocycles. The highest BCUT2D eigenvalue weighted by Gasteiger charge is 2.39. The molecule has 0 unspecified atom stereocenters. The normalized spacial score (nSPS) is 31.3. The lowest BCUT2D eigenvalue weighted by molar-refractivity contribution is -0.140. The first-order chi connectivity index (χ1) is 16.0. The number of piperidine rings is 1. The van der Waals surface area contributed by atoms with Crippen molar-refractivity contribution in [3.8, 4) is 5.75 Å². The molecule has 1 N–H and O–H groups in total. The Labute approximate surface area is 197 Å². The van der Waals surface area contributed by atoms with Gasteiger partial charge in [0.05, 0.1) is 24.5 Å². The first-order valence-corrected chi connectivity index (χ1v) is 14.3. The summed E-state index contributed by atoms with van der Waals surface area (Å²) in [5.74, 6) is 1.57. The summed E-state index contributed by atoms with van der Waals surface area (Å²) in [6, 6.07) is 7.43. The molecular formula is C25H36N2O5S. The van der Waals surface area contributed by atoms with Crippen LogP contribution in [0.25, 0.3) is 0 Å². The lowest BCUT2D eigenvalue weighted by Crippen LogP contribution is -2.60. The highest BCUT2D eigenvalue weighted by atomic mass is 32.2. The van der Waals surface area contributed by atoms with Crippen LogP contribution in [0.3, 0.4) is 0 Å². The molecule has 6 rings (SSSR count). The topological polar surface area (TPSA) is 84.9 Å². The van der Waals surface area contributed by atoms with E-state index in [-0.39, 0.29) is 42.4 Å². The predicted molar refractivity (Wildman–Crippen MR) is 126 cm³/mol. The van der Waals surface area contributed by atoms with Gasteiger partial charge in [0.2, 0.25) is 10.0 Å². The number of sulfonamides is 1. The Morgan fingerprint density at radius 3 is 2.55 bits per heavy atom. The van der Waals surface area contributed by atoms with E-state index in [1.807, 2.05) is 18.2 Å². The highest BCUT2D eigenvalue weighted by Crippen LogP contribution is 2.39. The van der Waals surface area contributed by atoms with Crippen LogP contribution in [0.2, 0.25) is 0 Å². The molecule has 0 radical (unpaired) electrons. The maximum Gasteiger partial charge on any atom is 0.260 e. The summed E-state index contributed by atoms with van der Waals surface area (Å²) < 4.78 is 41.1. The molecular weight excluding hydrogens is 440 g/mol. The van der Waals surface area contributed by atoms with Crippen molar-refractivity contribution in [1.29, 1.82) is 0 Å². The number of nitrogens with one attached hydrogen (secondary N) is 1. The third kappa shape index (κ3) is 5.38. The minimum Gasteiger partial charge on any atom is -0.483 e. The van der Waals surface area contributed by atoms with Crippen molar-refractivity contribution in [2.45, 2.75) is 81.9 Å². The molecule has 3 fully saturated rings. The quantitative estimate of drug-likeness (QED) is 0.721. The van der Waals surface area contributed by atoms with Gasteiger partial charge in [-0.05, 0) is 74.8 Å². The fourth-order valence-corrected chi connectivity index (χ4v) is 7.69. The maximum atomic E-state index is 13.3. The van der Waals surface area contributed by atoms with Gasteiger partial charge in [-0.1, -0.05) is 24.6 Å². The zero-order chi connectivity index (χ0) is 22.8. The monoisotopic (exact) mass is 476 g/mol. The Hall–Kier alpha value is -1.64. The van der Waals surface area contributed by atoms with Gasteiger partial charge in [0.15, 0.2) is 6.61 Å². The van der Waals surface area contributed by atoms with Crippen LogP contribution in [-0.4, -0.2) is 62.9 Å². The Bertz CT molecular complexity index is 940. The number of carbonyl (C=O) groups excluding carboxylic acids is 1. The number of nitrogens with zero attached hydrogens (tertiary/aromatic N) is 1. The summed E-state index contributed by atoms with van der Waals surface area (Å²) in [6.07, 6.45) is 8.74. The van der Waals surface area contributed by atoms with Gasteiger partial charge in [-0.2, -0.15) is 0 Å². The van der Waals surface area contributed by atoms with E-state index < -0.39 is 10.0 Å². The van der Waals surface area contributed by atoms with Crippen molar-refractivity contribution in [3.63, 3.8) is 0 Å². The van der Waals surface area contributed by atoms with Crippen LogP contribution < -0.4 is 9.46 Å². The van der Waals surface area contributed by atoms with E-state index >= 15 is 0 Å². The molecule has 0 aromatic heterocycles. The number of carbonyl (C=O) groups is 1. The Kier molecular flexibility index (Phi) is 6.95. The van der Waals surface area contributed by atoms with Crippen LogP contribution >= 0.6 is 0 Å². The number of para-hydroxylation sites is 1. The van der Waals surface area contributed by atoms with E-state index in [2.05, 4.69) is 10.8 Å². The number of rotatable bonds is 4. The maximum absolute atomic E-state index is 13.3. The molecule has 1 aromatic carbocycles. The smallest absolute Gasteiger partial charge is 0.260 e. The van der Waals surface area contributed by atoms with Crippen LogP contribution in [0, 0.1) is 5.92 Å². The van der Waals surface area contributed by atoms with Crippen molar-refractivity contribution in [1.82, 2.24) is 9.62 Å². The third-order valence-electron chi connectivity index (χ3n) is 8.00. The zero-order valence-electron chi connectivity index (χ0n) is 19.3. The molecule has 3 heterocycles. The van der Waals surface area contributed by atoms with Crippen molar-refractivity contribution in [2.24, 2.45) is 5.92 Å². The van der Waals surface area contributed by atoms with Gasteiger partial charge in [-0.25, -0.2) is 13.1 Å². The lowest BCUT2D eigenvalue weighted by Gasteiger charge is -2.42. The molecule has 5 aliphatic rings.